The highest BCUT2D eigenvalue weighted by Gasteiger charge is 2.42. The number of carboxylic acid groups (broad SMARTS) is 1. The monoisotopic (exact) mass is 243 g/mol. The molecule has 0 aromatic rings. The lowest BCUT2D eigenvalue weighted by atomic mass is 9.84. The molecule has 1 rings (SSSR count). The molecule has 15 heavy (non-hydrogen) atoms. The van der Waals surface area contributed by atoms with E-state index in [4.69, 9.17) is 5.11 Å². The van der Waals surface area contributed by atoms with Crippen molar-refractivity contribution in [2.45, 2.75) is 18.3 Å². The average molecular weight is 243 g/mol. The molecule has 0 bridgehead atoms. The largest absolute Gasteiger partial charge is 0.481 e. The van der Waals surface area contributed by atoms with E-state index in [1.807, 2.05) is 0 Å². The minimum atomic E-state index is -4.27. The molecule has 0 aliphatic carbocycles. The molecular formula is C8H12F3NO2S. The van der Waals surface area contributed by atoms with E-state index in [0.717, 1.165) is 0 Å². The Hall–Kier alpha value is -0.430. The van der Waals surface area contributed by atoms with Crippen molar-refractivity contribution in [2.75, 3.05) is 18.8 Å². The lowest BCUT2D eigenvalue weighted by molar-refractivity contribution is -0.147. The zero-order valence-electron chi connectivity index (χ0n) is 7.93. The van der Waals surface area contributed by atoms with Crippen molar-refractivity contribution in [3.8, 4) is 0 Å². The molecule has 1 heterocycles. The Morgan fingerprint density at radius 1 is 1.53 bits per heavy atom. The highest BCUT2D eigenvalue weighted by atomic mass is 32.2. The summed E-state index contributed by atoms with van der Waals surface area (Å²) in [5.74, 6) is -1.20. The molecule has 7 heteroatoms. The van der Waals surface area contributed by atoms with Crippen LogP contribution in [0.3, 0.4) is 0 Å². The number of thioether (sulfide) groups is 1. The second-order valence-corrected chi connectivity index (χ2v) is 4.72. The Balaban J connectivity index is 2.43. The van der Waals surface area contributed by atoms with Gasteiger partial charge in [0, 0.05) is 12.3 Å². The summed E-state index contributed by atoms with van der Waals surface area (Å²) in [7, 11) is 0. The van der Waals surface area contributed by atoms with Crippen molar-refractivity contribution in [1.82, 2.24) is 5.32 Å². The third-order valence-electron chi connectivity index (χ3n) is 2.54. The van der Waals surface area contributed by atoms with E-state index in [1.54, 1.807) is 0 Å². The first kappa shape index (κ1) is 12.6. The minimum absolute atomic E-state index is 0.0551. The van der Waals surface area contributed by atoms with Crippen LogP contribution in [0.5, 0.6) is 0 Å². The van der Waals surface area contributed by atoms with Gasteiger partial charge < -0.3 is 10.4 Å². The summed E-state index contributed by atoms with van der Waals surface area (Å²) >= 11 is -0.155. The molecule has 2 N–H and O–H groups in total. The molecule has 88 valence electrons. The van der Waals surface area contributed by atoms with Crippen LogP contribution in [0.15, 0.2) is 0 Å². The Kier molecular flexibility index (Phi) is 3.88. The number of hydrogen-bond donors (Lipinski definition) is 2. The van der Waals surface area contributed by atoms with Crippen LogP contribution in [0, 0.1) is 5.41 Å². The van der Waals surface area contributed by atoms with Crippen molar-refractivity contribution in [3.05, 3.63) is 0 Å². The molecule has 0 aromatic carbocycles. The zero-order valence-corrected chi connectivity index (χ0v) is 8.75. The van der Waals surface area contributed by atoms with Gasteiger partial charge in [0.2, 0.25) is 0 Å². The molecule has 1 atom stereocenters. The quantitative estimate of drug-likeness (QED) is 0.789. The van der Waals surface area contributed by atoms with Gasteiger partial charge >= 0.3 is 11.5 Å². The predicted molar refractivity (Wildman–Crippen MR) is 50.7 cm³/mol. The molecule has 1 aliphatic rings. The van der Waals surface area contributed by atoms with Crippen molar-refractivity contribution in [1.29, 1.82) is 0 Å². The Morgan fingerprint density at radius 3 is 2.60 bits per heavy atom. The lowest BCUT2D eigenvalue weighted by Crippen LogP contribution is -2.34. The number of hydrogen-bond acceptors (Lipinski definition) is 3. The molecule has 1 fully saturated rings. The van der Waals surface area contributed by atoms with Crippen LogP contribution in [0.4, 0.5) is 13.2 Å². The lowest BCUT2D eigenvalue weighted by Gasteiger charge is -2.22. The number of carboxylic acids is 1. The van der Waals surface area contributed by atoms with Crippen LogP contribution < -0.4 is 5.32 Å². The summed E-state index contributed by atoms with van der Waals surface area (Å²) in [6.07, 6.45) is 0.459. The van der Waals surface area contributed by atoms with Crippen LogP contribution in [0.25, 0.3) is 0 Å². The van der Waals surface area contributed by atoms with E-state index in [1.165, 1.54) is 0 Å². The number of halogens is 3. The van der Waals surface area contributed by atoms with Gasteiger partial charge in [-0.15, -0.1) is 0 Å². The van der Waals surface area contributed by atoms with Gasteiger partial charge in [-0.3, -0.25) is 4.79 Å². The van der Waals surface area contributed by atoms with Crippen LogP contribution in [-0.4, -0.2) is 35.4 Å². The fraction of sp³-hybridized carbons (Fsp3) is 0.875. The first-order chi connectivity index (χ1) is 6.86. The molecule has 0 radical (unpaired) electrons. The summed E-state index contributed by atoms with van der Waals surface area (Å²) in [4.78, 5) is 10.9. The second kappa shape index (κ2) is 4.61. The van der Waals surface area contributed by atoms with E-state index in [-0.39, 0.29) is 30.5 Å². The zero-order chi connectivity index (χ0) is 11.5. The highest BCUT2D eigenvalue weighted by molar-refractivity contribution is 8.00. The Morgan fingerprint density at radius 2 is 2.20 bits per heavy atom. The molecule has 1 saturated heterocycles. The normalized spacial score (nSPS) is 26.9. The van der Waals surface area contributed by atoms with E-state index in [0.29, 0.717) is 13.0 Å². The van der Waals surface area contributed by atoms with Gasteiger partial charge in [-0.25, -0.2) is 0 Å². The van der Waals surface area contributed by atoms with Gasteiger partial charge in [0.15, 0.2) is 0 Å². The van der Waals surface area contributed by atoms with Crippen molar-refractivity contribution < 1.29 is 23.1 Å². The summed E-state index contributed by atoms with van der Waals surface area (Å²) in [5.41, 5.74) is -5.27. The van der Waals surface area contributed by atoms with Crippen LogP contribution in [0.1, 0.15) is 12.8 Å². The molecule has 0 spiro atoms. The van der Waals surface area contributed by atoms with Gasteiger partial charge in [0.25, 0.3) is 0 Å². The second-order valence-electron chi connectivity index (χ2n) is 3.56. The molecular weight excluding hydrogens is 231 g/mol. The number of aliphatic carboxylic acids is 1. The van der Waals surface area contributed by atoms with Gasteiger partial charge in [-0.2, -0.15) is 13.2 Å². The van der Waals surface area contributed by atoms with Crippen molar-refractivity contribution in [2.24, 2.45) is 5.41 Å². The van der Waals surface area contributed by atoms with Crippen LogP contribution in [-0.2, 0) is 4.79 Å². The molecule has 1 unspecified atom stereocenters. The predicted octanol–water partition coefficient (Wildman–Crippen LogP) is 1.69. The first-order valence-electron chi connectivity index (χ1n) is 4.51. The van der Waals surface area contributed by atoms with Crippen molar-refractivity contribution in [3.63, 3.8) is 0 Å². The van der Waals surface area contributed by atoms with Gasteiger partial charge in [0.05, 0.1) is 5.41 Å². The van der Waals surface area contributed by atoms with E-state index >= 15 is 0 Å². The highest BCUT2D eigenvalue weighted by Crippen LogP contribution is 2.36. The molecule has 0 amide bonds. The van der Waals surface area contributed by atoms with Gasteiger partial charge in [0.1, 0.15) is 0 Å². The van der Waals surface area contributed by atoms with Crippen LogP contribution in [0.2, 0.25) is 0 Å². The number of alkyl halides is 3. The fourth-order valence-corrected chi connectivity index (χ4v) is 2.33. The van der Waals surface area contributed by atoms with Gasteiger partial charge in [-0.1, -0.05) is 11.8 Å². The molecule has 1 aliphatic heterocycles. The first-order valence-corrected chi connectivity index (χ1v) is 5.49. The smallest absolute Gasteiger partial charge is 0.441 e. The topological polar surface area (TPSA) is 49.3 Å². The number of carbonyl (C=O) groups is 1. The maximum Gasteiger partial charge on any atom is 0.441 e. The Labute approximate surface area is 89.4 Å². The van der Waals surface area contributed by atoms with E-state index in [9.17, 15) is 18.0 Å². The standard InChI is InChI=1S/C8H12F3NO2S/c9-8(10,11)15-4-2-7(6(13)14)1-3-12-5-7/h12H,1-5H2,(H,13,14). The third kappa shape index (κ3) is 3.57. The molecule has 0 aromatic heterocycles. The fourth-order valence-electron chi connectivity index (χ4n) is 1.61. The summed E-state index contributed by atoms with van der Waals surface area (Å²) in [6.45, 7) is 0.823. The van der Waals surface area contributed by atoms with Crippen molar-refractivity contribution >= 4 is 17.7 Å². The number of nitrogens with one attached hydrogen (secondary N) is 1. The Bertz CT molecular complexity index is 239. The van der Waals surface area contributed by atoms with Gasteiger partial charge in [-0.05, 0) is 19.4 Å². The van der Waals surface area contributed by atoms with E-state index in [2.05, 4.69) is 5.32 Å². The third-order valence-corrected chi connectivity index (χ3v) is 3.28. The molecule has 3 nitrogen and oxygen atoms in total. The average Bonchev–Trinajstić information content (AvgIpc) is 2.51. The summed E-state index contributed by atoms with van der Waals surface area (Å²) < 4.78 is 35.6. The van der Waals surface area contributed by atoms with E-state index < -0.39 is 16.9 Å². The maximum absolute atomic E-state index is 11.9. The maximum atomic E-state index is 11.9. The summed E-state index contributed by atoms with van der Waals surface area (Å²) in [5, 5.41) is 11.8. The molecule has 0 saturated carbocycles. The van der Waals surface area contributed by atoms with Crippen LogP contribution >= 0.6 is 11.8 Å². The number of rotatable bonds is 4. The minimum Gasteiger partial charge on any atom is -0.481 e. The SMILES string of the molecule is O=C(O)C1(CCSC(F)(F)F)CCNC1. The summed E-state index contributed by atoms with van der Waals surface area (Å²) in [6, 6.07) is 0.